The molecule has 4 heteroatoms. The van der Waals surface area contributed by atoms with Crippen LogP contribution in [0, 0.1) is 17.1 Å². The molecule has 1 aromatic heterocycles. The average molecular weight is 216 g/mol. The van der Waals surface area contributed by atoms with Gasteiger partial charge in [-0.05, 0) is 30.3 Å². The molecule has 0 bridgehead atoms. The second kappa shape index (κ2) is 4.49. The van der Waals surface area contributed by atoms with Gasteiger partial charge in [0.15, 0.2) is 0 Å². The fourth-order valence-corrected chi connectivity index (χ4v) is 1.36. The van der Waals surface area contributed by atoms with Crippen molar-refractivity contribution in [1.82, 2.24) is 0 Å². The van der Waals surface area contributed by atoms with Crippen molar-refractivity contribution in [2.24, 2.45) is 0 Å². The van der Waals surface area contributed by atoms with Crippen molar-refractivity contribution >= 4 is 5.69 Å². The first-order valence-electron chi connectivity index (χ1n) is 4.75. The van der Waals surface area contributed by atoms with Crippen molar-refractivity contribution < 1.29 is 8.81 Å². The van der Waals surface area contributed by atoms with Crippen molar-refractivity contribution in [3.8, 4) is 6.07 Å². The first kappa shape index (κ1) is 10.2. The molecule has 0 fully saturated rings. The van der Waals surface area contributed by atoms with E-state index >= 15 is 0 Å². The monoisotopic (exact) mass is 216 g/mol. The van der Waals surface area contributed by atoms with Gasteiger partial charge in [-0.15, -0.1) is 0 Å². The SMILES string of the molecule is N#Cc1cc(F)cc(NCc2ccco2)c1. The average Bonchev–Trinajstić information content (AvgIpc) is 2.78. The molecule has 2 rings (SSSR count). The second-order valence-electron chi connectivity index (χ2n) is 3.27. The van der Waals surface area contributed by atoms with Crippen LogP contribution in [-0.4, -0.2) is 0 Å². The first-order valence-corrected chi connectivity index (χ1v) is 4.75. The predicted molar refractivity (Wildman–Crippen MR) is 57.1 cm³/mol. The molecular weight excluding hydrogens is 207 g/mol. The minimum absolute atomic E-state index is 0.293. The molecule has 0 saturated heterocycles. The lowest BCUT2D eigenvalue weighted by Gasteiger charge is -2.04. The van der Waals surface area contributed by atoms with Gasteiger partial charge in [0.1, 0.15) is 11.6 Å². The Bertz CT molecular complexity index is 514. The van der Waals surface area contributed by atoms with E-state index in [4.69, 9.17) is 9.68 Å². The van der Waals surface area contributed by atoms with Gasteiger partial charge in [0.2, 0.25) is 0 Å². The molecule has 0 aliphatic carbocycles. The number of nitrogens with zero attached hydrogens (tertiary/aromatic N) is 1. The smallest absolute Gasteiger partial charge is 0.126 e. The lowest BCUT2D eigenvalue weighted by Crippen LogP contribution is -1.98. The van der Waals surface area contributed by atoms with Crippen LogP contribution in [0.4, 0.5) is 10.1 Å². The van der Waals surface area contributed by atoms with Crippen LogP contribution < -0.4 is 5.32 Å². The molecule has 2 aromatic rings. The predicted octanol–water partition coefficient (Wildman–Crippen LogP) is 2.90. The van der Waals surface area contributed by atoms with Crippen LogP contribution in [0.3, 0.4) is 0 Å². The van der Waals surface area contributed by atoms with Gasteiger partial charge in [-0.2, -0.15) is 5.26 Å². The molecule has 1 heterocycles. The summed E-state index contributed by atoms with van der Waals surface area (Å²) in [4.78, 5) is 0. The Morgan fingerprint density at radius 3 is 2.94 bits per heavy atom. The van der Waals surface area contributed by atoms with E-state index < -0.39 is 5.82 Å². The Hall–Kier alpha value is -2.28. The molecular formula is C12H9FN2O. The van der Waals surface area contributed by atoms with Crippen molar-refractivity contribution in [3.05, 3.63) is 53.7 Å². The number of furan rings is 1. The maximum Gasteiger partial charge on any atom is 0.126 e. The number of nitriles is 1. The zero-order chi connectivity index (χ0) is 11.4. The molecule has 3 nitrogen and oxygen atoms in total. The van der Waals surface area contributed by atoms with Gasteiger partial charge in [0.25, 0.3) is 0 Å². The third-order valence-corrected chi connectivity index (χ3v) is 2.07. The minimum atomic E-state index is -0.430. The molecule has 0 atom stereocenters. The van der Waals surface area contributed by atoms with Crippen LogP contribution in [0.1, 0.15) is 11.3 Å². The van der Waals surface area contributed by atoms with E-state index in [1.54, 1.807) is 18.4 Å². The highest BCUT2D eigenvalue weighted by atomic mass is 19.1. The third-order valence-electron chi connectivity index (χ3n) is 2.07. The molecule has 16 heavy (non-hydrogen) atoms. The van der Waals surface area contributed by atoms with E-state index in [2.05, 4.69) is 5.32 Å². The van der Waals surface area contributed by atoms with Gasteiger partial charge in [0.05, 0.1) is 24.4 Å². The largest absolute Gasteiger partial charge is 0.467 e. The lowest BCUT2D eigenvalue weighted by atomic mass is 10.2. The van der Waals surface area contributed by atoms with Crippen molar-refractivity contribution in [3.63, 3.8) is 0 Å². The van der Waals surface area contributed by atoms with E-state index in [0.717, 1.165) is 5.76 Å². The quantitative estimate of drug-likeness (QED) is 0.858. The Kier molecular flexibility index (Phi) is 2.88. The summed E-state index contributed by atoms with van der Waals surface area (Å²) in [6.07, 6.45) is 1.57. The third kappa shape index (κ3) is 2.39. The van der Waals surface area contributed by atoms with Gasteiger partial charge in [-0.1, -0.05) is 0 Å². The Morgan fingerprint density at radius 1 is 1.38 bits per heavy atom. The number of benzene rings is 1. The molecule has 0 radical (unpaired) electrons. The molecule has 0 aliphatic heterocycles. The van der Waals surface area contributed by atoms with E-state index in [1.165, 1.54) is 12.1 Å². The van der Waals surface area contributed by atoms with Crippen LogP contribution in [0.15, 0.2) is 41.0 Å². The van der Waals surface area contributed by atoms with E-state index in [9.17, 15) is 4.39 Å². The lowest BCUT2D eigenvalue weighted by molar-refractivity contribution is 0.518. The molecule has 0 unspecified atom stereocenters. The molecule has 0 aliphatic rings. The molecule has 80 valence electrons. The summed E-state index contributed by atoms with van der Waals surface area (Å²) in [5, 5.41) is 11.7. The van der Waals surface area contributed by atoms with Gasteiger partial charge in [-0.3, -0.25) is 0 Å². The zero-order valence-electron chi connectivity index (χ0n) is 8.40. The maximum absolute atomic E-state index is 13.1. The van der Waals surface area contributed by atoms with Gasteiger partial charge < -0.3 is 9.73 Å². The molecule has 0 amide bonds. The van der Waals surface area contributed by atoms with Gasteiger partial charge in [0, 0.05) is 5.69 Å². The first-order chi connectivity index (χ1) is 7.78. The van der Waals surface area contributed by atoms with Crippen molar-refractivity contribution in [1.29, 1.82) is 5.26 Å². The Morgan fingerprint density at radius 2 is 2.25 bits per heavy atom. The summed E-state index contributed by atoms with van der Waals surface area (Å²) >= 11 is 0. The van der Waals surface area contributed by atoms with Crippen molar-refractivity contribution in [2.45, 2.75) is 6.54 Å². The van der Waals surface area contributed by atoms with E-state index in [-0.39, 0.29) is 0 Å². The zero-order valence-corrected chi connectivity index (χ0v) is 8.40. The summed E-state index contributed by atoms with van der Waals surface area (Å²) < 4.78 is 18.2. The van der Waals surface area contributed by atoms with Crippen molar-refractivity contribution in [2.75, 3.05) is 5.32 Å². The highest BCUT2D eigenvalue weighted by Crippen LogP contribution is 2.14. The summed E-state index contributed by atoms with van der Waals surface area (Å²) in [6, 6.07) is 9.61. The standard InChI is InChI=1S/C12H9FN2O/c13-10-4-9(7-14)5-11(6-10)15-8-12-2-1-3-16-12/h1-6,15H,8H2. The molecule has 0 spiro atoms. The number of hydrogen-bond acceptors (Lipinski definition) is 3. The van der Waals surface area contributed by atoms with Crippen LogP contribution in [0.5, 0.6) is 0 Å². The topological polar surface area (TPSA) is 49.0 Å². The summed E-state index contributed by atoms with van der Waals surface area (Å²) in [5.74, 6) is 0.323. The van der Waals surface area contributed by atoms with E-state index in [1.807, 2.05) is 12.1 Å². The molecule has 1 aromatic carbocycles. The summed E-state index contributed by atoms with van der Waals surface area (Å²) in [5.41, 5.74) is 0.856. The number of rotatable bonds is 3. The number of halogens is 1. The van der Waals surface area contributed by atoms with Crippen LogP contribution >= 0.6 is 0 Å². The minimum Gasteiger partial charge on any atom is -0.467 e. The van der Waals surface area contributed by atoms with Crippen LogP contribution in [0.2, 0.25) is 0 Å². The second-order valence-corrected chi connectivity index (χ2v) is 3.27. The number of anilines is 1. The van der Waals surface area contributed by atoms with Gasteiger partial charge in [-0.25, -0.2) is 4.39 Å². The molecule has 0 saturated carbocycles. The number of hydrogen-bond donors (Lipinski definition) is 1. The van der Waals surface area contributed by atoms with Crippen LogP contribution in [-0.2, 0) is 6.54 Å². The maximum atomic E-state index is 13.1. The summed E-state index contributed by atoms with van der Waals surface area (Å²) in [7, 11) is 0. The highest BCUT2D eigenvalue weighted by molar-refractivity contribution is 5.49. The van der Waals surface area contributed by atoms with Crippen LogP contribution in [0.25, 0.3) is 0 Å². The fourth-order valence-electron chi connectivity index (χ4n) is 1.36. The highest BCUT2D eigenvalue weighted by Gasteiger charge is 2.01. The normalized spacial score (nSPS) is 9.75. The van der Waals surface area contributed by atoms with Gasteiger partial charge >= 0.3 is 0 Å². The molecule has 1 N–H and O–H groups in total. The Labute approximate surface area is 92.1 Å². The fraction of sp³-hybridized carbons (Fsp3) is 0.0833. The van der Waals surface area contributed by atoms with E-state index in [0.29, 0.717) is 17.8 Å². The summed E-state index contributed by atoms with van der Waals surface area (Å²) in [6.45, 7) is 0.460. The Balaban J connectivity index is 2.10. The number of nitrogens with one attached hydrogen (secondary N) is 1.